The minimum atomic E-state index is -2.36. The van der Waals surface area contributed by atoms with E-state index in [-0.39, 0.29) is 21.7 Å². The molecule has 0 unspecified atom stereocenters. The van der Waals surface area contributed by atoms with Crippen LogP contribution in [0.25, 0.3) is 571 Å². The summed E-state index contributed by atoms with van der Waals surface area (Å²) in [6.45, 7) is 21.5. The average Bonchev–Trinajstić information content (AvgIpc) is 1.38. The van der Waals surface area contributed by atoms with E-state index in [1.54, 1.807) is 582 Å². The third-order valence-electron chi connectivity index (χ3n) is 51.1. The fourth-order valence-electron chi connectivity index (χ4n) is 52.5. The van der Waals surface area contributed by atoms with Crippen LogP contribution in [0.2, 0.25) is 76.6 Å². The lowest BCUT2D eigenvalue weighted by atomic mass is 9.51. The topological polar surface area (TPSA) is 18.5 Å². The second-order valence-electron chi connectivity index (χ2n) is 55.1. The predicted octanol–water partition coefficient (Wildman–Crippen LogP) is 37.1. The van der Waals surface area contributed by atoms with Crippen molar-refractivity contribution in [3.63, 3.8) is 0 Å². The van der Waals surface area contributed by atoms with Gasteiger partial charge in [0.15, 0.2) is 33.3 Å². The van der Waals surface area contributed by atoms with Crippen molar-refractivity contribution in [1.29, 1.82) is 0 Å². The molecule has 0 N–H and O–H groups in total. The van der Waals surface area contributed by atoms with Gasteiger partial charge in [0, 0.05) is 21.7 Å². The van der Waals surface area contributed by atoms with Crippen LogP contribution in [0, 0.1) is 0 Å². The molecule has 67 rings (SSSR count). The van der Waals surface area contributed by atoms with Crippen LogP contribution in [0.4, 0.5) is 0 Å². The quantitative estimate of drug-likeness (QED) is 0.111. The molecule has 55 aromatic carbocycles. The predicted molar refractivity (Wildman–Crippen MR) is 597 cm³/mol. The second-order valence-corrected chi connectivity index (χ2v) is 72.2. The molecule has 3 heterocycles. The van der Waals surface area contributed by atoms with Gasteiger partial charge >= 0.3 is 0 Å². The molecule has 138 heavy (non-hydrogen) atoms. The standard InChI is InChI=1S/2C66H16OSi2/c1-68(2)5-65-59-51-42-35-22-15-9-10-12-8-7-11(9)20(22)26-24-13(7)17-14(8)25-27-21(12)23-16(10)19-18(15)29-37-30(19)39-36(23)43-41(27)45-32(25)34-28(17)33-31(24)44(40(26)42)55(59)57-46(33)47(34)58-56(45)60-52(43)49(39)54-50(37)53(48(51)38(29)35)61(65)62(54)66(60,64(58)63(57)65)6-69(3,4)67-68;1-68(2)5-65-61-54-47-35-27-18-9-7-8-10-13(9)22-29(27)37-38-30(22)28-19(10)21-17-12(8)15-14-11(7)16-20(18)33(35)41-39-25(16)23(14)31-32-24(15)26(17)40-42-34(21)36(28)48-50(38)59(58(61)49(37)47)62-55(48)53(42)57-46(40)44(32)51-43(31)45(39)56(52(41)54)63(65)60(51)64(57)66(62,65)6-69(3,4)67-68/h2*5-6H2,1-4H3/t2*65-,66+. The van der Waals surface area contributed by atoms with Crippen LogP contribution in [-0.4, -0.2) is 33.3 Å². The highest BCUT2D eigenvalue weighted by Crippen LogP contribution is 2.92. The van der Waals surface area contributed by atoms with Crippen LogP contribution < -0.4 is 0 Å². The number of fused-ring (bicyclic) bond motifs is 4. The summed E-state index contributed by atoms with van der Waals surface area (Å²) in [6.07, 6.45) is 0. The first-order chi connectivity index (χ1) is 67.7. The van der Waals surface area contributed by atoms with Crippen LogP contribution in [0.5, 0.6) is 0 Å². The van der Waals surface area contributed by atoms with Crippen molar-refractivity contribution in [2.75, 3.05) is 0 Å². The van der Waals surface area contributed by atoms with Crippen LogP contribution in [0.1, 0.15) is 55.6 Å². The second kappa shape index (κ2) is 12.1. The van der Waals surface area contributed by atoms with E-state index in [1.165, 1.54) is 12.1 Å². The molecule has 2 nitrogen and oxygen atoms in total. The summed E-state index contributed by atoms with van der Waals surface area (Å²) in [5.74, 6) is 0. The van der Waals surface area contributed by atoms with Gasteiger partial charge in [-0.1, -0.05) is 0 Å². The zero-order chi connectivity index (χ0) is 83.2. The Bertz CT molecular complexity index is 15500. The maximum absolute atomic E-state index is 8.25. The van der Waals surface area contributed by atoms with Gasteiger partial charge in [0.05, 0.1) is 0 Å². The number of hydrogen-bond donors (Lipinski definition) is 0. The molecule has 588 valence electrons. The zero-order valence-electron chi connectivity index (χ0n) is 73.6. The Morgan fingerprint density at radius 3 is 0.348 bits per heavy atom. The zero-order valence-corrected chi connectivity index (χ0v) is 77.6. The first-order valence-corrected chi connectivity index (χ1v) is 65.1. The molecule has 0 amide bonds. The van der Waals surface area contributed by atoms with E-state index in [2.05, 4.69) is 52.4 Å². The molecular formula is C132H32O2Si4. The fraction of sp³-hybridized carbons (Fsp3) is 0.121. The summed E-state index contributed by atoms with van der Waals surface area (Å²) in [4.78, 5) is 0. The molecule has 1 saturated heterocycles. The summed E-state index contributed by atoms with van der Waals surface area (Å²) in [5, 5.41) is 180. The number of benzene rings is 34. The minimum Gasteiger partial charge on any atom is -0.455 e. The summed E-state index contributed by atoms with van der Waals surface area (Å²) in [5.41, 5.74) is 17.4. The molecule has 9 aliphatic carbocycles. The summed E-state index contributed by atoms with van der Waals surface area (Å²) in [6, 6.07) is 4.69. The Morgan fingerprint density at radius 1 is 0.101 bits per heavy atom. The van der Waals surface area contributed by atoms with Gasteiger partial charge in [-0.15, -0.1) is 0 Å². The first kappa shape index (κ1) is 54.0. The van der Waals surface area contributed by atoms with Crippen molar-refractivity contribution in [2.24, 2.45) is 0 Å². The van der Waals surface area contributed by atoms with Gasteiger partial charge in [-0.2, -0.15) is 0 Å². The fourth-order valence-corrected chi connectivity index (χ4v) is 73.1. The van der Waals surface area contributed by atoms with Gasteiger partial charge in [0.25, 0.3) is 0 Å². The molecule has 1 fully saturated rings. The summed E-state index contributed by atoms with van der Waals surface area (Å²) < 4.78 is 16.3. The molecule has 4 atom stereocenters. The van der Waals surface area contributed by atoms with E-state index in [0.29, 0.717) is 0 Å². The largest absolute Gasteiger partial charge is 0.455 e. The van der Waals surface area contributed by atoms with Crippen LogP contribution in [0.15, 0.2) is 0 Å². The Hall–Kier alpha value is -14.3. The van der Waals surface area contributed by atoms with E-state index in [0.717, 1.165) is 12.1 Å². The molecule has 0 radical (unpaired) electrons. The smallest absolute Gasteiger partial charge is 0.175 e. The lowest BCUT2D eigenvalue weighted by Gasteiger charge is -2.53. The highest BCUT2D eigenvalue weighted by Gasteiger charge is 2.76. The monoisotopic (exact) mass is 1760 g/mol. The molecule has 12 aliphatic rings. The van der Waals surface area contributed by atoms with Gasteiger partial charge in [0.2, 0.25) is 0 Å². The molecule has 2 bridgehead atoms. The SMILES string of the molecule is C[Si]1(C)C[C@]23c4c5c6c7c8c9c%10c%11c(c2c2c%12c3c3c%13c4c6c4c6c%13c%13c3c3c%12c%12c%14c2c%11c2c%11c%10c%10c8c8c7c4c4c6c6c%13c7c3c%12c3c(c%142)c2c%11c%10c%10c8c4c4c%10c2c3c7c64)[C@@]59C[Si](C)(C)O1.C[Si]1(C)C[C@]23c4c5c6c7c8c9c(c%10c%11c2c2c%12c4c4c%13c5c5c7c7c8c8c%14c9c%10c9c%10c%11c2c2c%11c%12c4c4c%12c%13c5c5c7c7c8c8c%14c9c9c%10c2c2c%11c4c4c%12c5c7c5c8c9c2c45)[C@@]63C[Si](C)(C)O1. The highest BCUT2D eigenvalue weighted by atomic mass is 28.4. The third-order valence-corrected chi connectivity index (χ3v) is 65.5. The highest BCUT2D eigenvalue weighted by molar-refractivity contribution is 6.92. The Balaban J connectivity index is 0.0000000906. The molecule has 4 spiro atoms. The van der Waals surface area contributed by atoms with Crippen molar-refractivity contribution in [2.45, 2.75) is 98.2 Å². The van der Waals surface area contributed by atoms with Crippen LogP contribution >= 0.6 is 0 Å². The Labute approximate surface area is 760 Å². The van der Waals surface area contributed by atoms with Gasteiger partial charge in [-0.25, -0.2) is 0 Å². The normalized spacial score (nSPS) is 24.7. The van der Waals surface area contributed by atoms with Crippen LogP contribution in [-0.2, 0) is 29.9 Å². The molecule has 0 saturated carbocycles. The lowest BCUT2D eigenvalue weighted by Crippen LogP contribution is -2.52. The van der Waals surface area contributed by atoms with E-state index in [9.17, 15) is 0 Å². The van der Waals surface area contributed by atoms with Gasteiger partial charge in [-0.05, 0) is 703 Å². The van der Waals surface area contributed by atoms with Crippen molar-refractivity contribution in [1.82, 2.24) is 0 Å². The molecule has 6 heteroatoms. The Morgan fingerprint density at radius 2 is 0.188 bits per heavy atom. The molecular weight excluding hydrogens is 1730 g/mol. The van der Waals surface area contributed by atoms with E-state index in [1.807, 2.05) is 44.5 Å². The van der Waals surface area contributed by atoms with E-state index >= 15 is 0 Å². The van der Waals surface area contributed by atoms with Crippen molar-refractivity contribution in [3.8, 4) is 0 Å². The number of rotatable bonds is 0. The van der Waals surface area contributed by atoms with Crippen molar-refractivity contribution < 1.29 is 8.23 Å². The van der Waals surface area contributed by atoms with Crippen molar-refractivity contribution in [3.05, 3.63) is 55.6 Å². The van der Waals surface area contributed by atoms with E-state index < -0.39 is 33.3 Å². The maximum atomic E-state index is 8.25. The first-order valence-electron chi connectivity index (χ1n) is 52.6. The van der Waals surface area contributed by atoms with Crippen molar-refractivity contribution >= 4 is 604 Å². The third kappa shape index (κ3) is 3.02. The number of hydrogen-bond acceptors (Lipinski definition) is 2. The molecule has 55 aromatic rings. The van der Waals surface area contributed by atoms with Gasteiger partial charge in [0.1, 0.15) is 0 Å². The van der Waals surface area contributed by atoms with Gasteiger partial charge < -0.3 is 8.23 Å². The summed E-state index contributed by atoms with van der Waals surface area (Å²) in [7, 11) is -9.36. The molecule has 0 aromatic heterocycles. The van der Waals surface area contributed by atoms with E-state index in [4.69, 9.17) is 8.23 Å². The maximum Gasteiger partial charge on any atom is 0.175 e. The minimum absolute atomic E-state index is 0.172. The van der Waals surface area contributed by atoms with Crippen LogP contribution in [0.3, 0.4) is 0 Å². The average molecular weight is 1760 g/mol. The lowest BCUT2D eigenvalue weighted by molar-refractivity contribution is 0.387. The van der Waals surface area contributed by atoms with Gasteiger partial charge in [-0.3, -0.25) is 0 Å². The molecule has 3 aliphatic heterocycles. The Kier molecular flexibility index (Phi) is 4.73. The summed E-state index contributed by atoms with van der Waals surface area (Å²) >= 11 is 0.